The number of carbonyl (C=O) groups excluding carboxylic acids is 1. The van der Waals surface area contributed by atoms with Crippen molar-refractivity contribution >= 4 is 5.97 Å². The molecule has 4 heterocycles. The number of esters is 1. The predicted octanol–water partition coefficient (Wildman–Crippen LogP) is 3.11. The molecule has 0 amide bonds. The molecule has 234 valence electrons. The van der Waals surface area contributed by atoms with Crippen LogP contribution in [0.15, 0.2) is 47.1 Å². The van der Waals surface area contributed by atoms with E-state index in [9.17, 15) is 25.2 Å². The lowest BCUT2D eigenvalue weighted by Gasteiger charge is -2.50. The fourth-order valence-electron chi connectivity index (χ4n) is 7.48. The van der Waals surface area contributed by atoms with E-state index in [0.717, 1.165) is 6.42 Å². The minimum Gasteiger partial charge on any atom is -0.462 e. The summed E-state index contributed by atoms with van der Waals surface area (Å²) in [5, 5.41) is 44.1. The second kappa shape index (κ2) is 12.3. The molecule has 9 nitrogen and oxygen atoms in total. The van der Waals surface area contributed by atoms with Gasteiger partial charge in [-0.05, 0) is 48.3 Å². The first-order chi connectivity index (χ1) is 19.9. The van der Waals surface area contributed by atoms with Crippen molar-refractivity contribution in [3.05, 3.63) is 47.1 Å². The molecule has 0 radical (unpaired) electrons. The third-order valence-electron chi connectivity index (χ3n) is 9.97. The van der Waals surface area contributed by atoms with Crippen LogP contribution in [0.3, 0.4) is 0 Å². The Labute approximate surface area is 248 Å². The molecule has 2 bridgehead atoms. The molecule has 1 spiro atoms. The van der Waals surface area contributed by atoms with Gasteiger partial charge in [0.05, 0.1) is 31.5 Å². The highest BCUT2D eigenvalue weighted by molar-refractivity contribution is 5.78. The first kappa shape index (κ1) is 31.6. The zero-order valence-electron chi connectivity index (χ0n) is 25.4. The van der Waals surface area contributed by atoms with Gasteiger partial charge in [-0.1, -0.05) is 58.1 Å². The van der Waals surface area contributed by atoms with Gasteiger partial charge in [0.15, 0.2) is 5.79 Å². The molecule has 4 N–H and O–H groups in total. The van der Waals surface area contributed by atoms with Gasteiger partial charge in [-0.25, -0.2) is 0 Å². The number of ether oxygens (including phenoxy) is 4. The van der Waals surface area contributed by atoms with Crippen molar-refractivity contribution in [2.75, 3.05) is 13.2 Å². The summed E-state index contributed by atoms with van der Waals surface area (Å²) in [6, 6.07) is 0. The molecule has 11 atom stereocenters. The summed E-state index contributed by atoms with van der Waals surface area (Å²) in [6.45, 7) is 9.75. The number of allylic oxidation sites excluding steroid dienone is 2. The van der Waals surface area contributed by atoms with Crippen molar-refractivity contribution in [3.63, 3.8) is 0 Å². The molecule has 0 aromatic heterocycles. The molecular weight excluding hydrogens is 540 g/mol. The van der Waals surface area contributed by atoms with Gasteiger partial charge in [-0.3, -0.25) is 4.79 Å². The van der Waals surface area contributed by atoms with Crippen LogP contribution in [-0.4, -0.2) is 87.6 Å². The highest BCUT2D eigenvalue weighted by atomic mass is 16.7. The average Bonchev–Trinajstić information content (AvgIpc) is 3.28. The molecule has 3 fully saturated rings. The third-order valence-corrected chi connectivity index (χ3v) is 9.97. The van der Waals surface area contributed by atoms with E-state index in [0.29, 0.717) is 48.3 Å². The molecule has 4 aliphatic heterocycles. The summed E-state index contributed by atoms with van der Waals surface area (Å²) in [7, 11) is 0. The molecule has 5 aliphatic rings. The largest absolute Gasteiger partial charge is 0.462 e. The molecular formula is C33H48O9. The third kappa shape index (κ3) is 5.82. The maximum Gasteiger partial charge on any atom is 0.316 e. The smallest absolute Gasteiger partial charge is 0.316 e. The van der Waals surface area contributed by atoms with Crippen LogP contribution >= 0.6 is 0 Å². The van der Waals surface area contributed by atoms with Gasteiger partial charge in [0, 0.05) is 25.2 Å². The van der Waals surface area contributed by atoms with Gasteiger partial charge >= 0.3 is 5.97 Å². The van der Waals surface area contributed by atoms with Gasteiger partial charge in [0.2, 0.25) is 0 Å². The van der Waals surface area contributed by atoms with E-state index < -0.39 is 47.7 Å². The quantitative estimate of drug-likeness (QED) is 0.284. The lowest BCUT2D eigenvalue weighted by Crippen LogP contribution is -2.58. The first-order valence-corrected chi connectivity index (χ1v) is 15.5. The topological polar surface area (TPSA) is 135 Å². The maximum atomic E-state index is 13.9. The summed E-state index contributed by atoms with van der Waals surface area (Å²) in [4.78, 5) is 13.9. The Hall–Kier alpha value is -1.85. The van der Waals surface area contributed by atoms with Crippen molar-refractivity contribution in [1.82, 2.24) is 0 Å². The average molecular weight is 589 g/mol. The van der Waals surface area contributed by atoms with E-state index in [4.69, 9.17) is 18.9 Å². The van der Waals surface area contributed by atoms with Crippen LogP contribution in [0.1, 0.15) is 66.7 Å². The van der Waals surface area contributed by atoms with Gasteiger partial charge in [-0.2, -0.15) is 0 Å². The normalized spacial score (nSPS) is 48.0. The fourth-order valence-corrected chi connectivity index (χ4v) is 7.48. The summed E-state index contributed by atoms with van der Waals surface area (Å²) < 4.78 is 25.4. The van der Waals surface area contributed by atoms with Crippen LogP contribution in [0.5, 0.6) is 0 Å². The van der Waals surface area contributed by atoms with E-state index in [1.54, 1.807) is 31.2 Å². The van der Waals surface area contributed by atoms with Crippen molar-refractivity contribution < 1.29 is 44.2 Å². The Balaban J connectivity index is 1.55. The lowest BCUT2D eigenvalue weighted by atomic mass is 9.71. The van der Waals surface area contributed by atoms with Crippen LogP contribution in [0.2, 0.25) is 0 Å². The summed E-state index contributed by atoms with van der Waals surface area (Å²) >= 11 is 0. The second-order valence-electron chi connectivity index (χ2n) is 13.4. The van der Waals surface area contributed by atoms with Crippen molar-refractivity contribution in [1.29, 1.82) is 0 Å². The number of carbonyl (C=O) groups is 1. The van der Waals surface area contributed by atoms with Gasteiger partial charge < -0.3 is 39.4 Å². The van der Waals surface area contributed by atoms with E-state index in [-0.39, 0.29) is 37.3 Å². The van der Waals surface area contributed by atoms with Crippen molar-refractivity contribution in [2.45, 2.75) is 115 Å². The molecule has 0 saturated carbocycles. The molecule has 9 heteroatoms. The number of fused-ring (bicyclic) bond motifs is 2. The van der Waals surface area contributed by atoms with E-state index in [1.807, 2.05) is 13.0 Å². The Bertz CT molecular complexity index is 1140. The van der Waals surface area contributed by atoms with Crippen molar-refractivity contribution in [3.8, 4) is 0 Å². The Morgan fingerprint density at radius 2 is 1.88 bits per heavy atom. The first-order valence-electron chi connectivity index (χ1n) is 15.5. The minimum atomic E-state index is -1.79. The molecule has 0 aromatic carbocycles. The number of hydrogen-bond donors (Lipinski definition) is 4. The Kier molecular flexibility index (Phi) is 9.22. The molecule has 1 aliphatic carbocycles. The minimum absolute atomic E-state index is 0.0140. The monoisotopic (exact) mass is 588 g/mol. The summed E-state index contributed by atoms with van der Waals surface area (Å²) in [6.07, 6.45) is 7.39. The second-order valence-corrected chi connectivity index (χ2v) is 13.4. The zero-order valence-corrected chi connectivity index (χ0v) is 25.4. The predicted molar refractivity (Wildman–Crippen MR) is 155 cm³/mol. The highest BCUT2D eigenvalue weighted by Crippen LogP contribution is 2.47. The van der Waals surface area contributed by atoms with E-state index >= 15 is 0 Å². The van der Waals surface area contributed by atoms with E-state index in [2.05, 4.69) is 20.8 Å². The Morgan fingerprint density at radius 3 is 2.60 bits per heavy atom. The molecule has 5 rings (SSSR count). The molecule has 0 unspecified atom stereocenters. The van der Waals surface area contributed by atoms with Gasteiger partial charge in [0.25, 0.3) is 0 Å². The van der Waals surface area contributed by atoms with Gasteiger partial charge in [-0.15, -0.1) is 0 Å². The number of rotatable bonds is 2. The zero-order chi connectivity index (χ0) is 30.4. The highest BCUT2D eigenvalue weighted by Gasteiger charge is 2.60. The van der Waals surface area contributed by atoms with Crippen LogP contribution in [0.4, 0.5) is 0 Å². The molecule has 42 heavy (non-hydrogen) atoms. The lowest BCUT2D eigenvalue weighted by molar-refractivity contribution is -0.340. The number of aliphatic hydroxyl groups excluding tert-OH is 3. The maximum absolute atomic E-state index is 13.9. The van der Waals surface area contributed by atoms with Crippen LogP contribution in [-0.2, 0) is 23.7 Å². The summed E-state index contributed by atoms with van der Waals surface area (Å²) in [5.74, 6) is -2.30. The van der Waals surface area contributed by atoms with Crippen LogP contribution in [0, 0.1) is 23.7 Å². The SMILES string of the molecule is CC1=C[C@H]2C(=O)O[C@H]3C[C@@H](C/C=C(\CO)[C@H](O)[C@@H](C)/C=C/C=C4\CO[C@@H]([C@@H]1O)[C@@]42O)O[C@@]1(CC[C@@H](C)[C@H](C(C)C)O1)C3. The van der Waals surface area contributed by atoms with E-state index in [1.165, 1.54) is 0 Å². The van der Waals surface area contributed by atoms with Crippen molar-refractivity contribution in [2.24, 2.45) is 23.7 Å². The van der Waals surface area contributed by atoms with Crippen LogP contribution < -0.4 is 0 Å². The van der Waals surface area contributed by atoms with Crippen LogP contribution in [0.25, 0.3) is 0 Å². The molecule has 0 aromatic rings. The summed E-state index contributed by atoms with van der Waals surface area (Å²) in [5.41, 5.74) is -0.314. The van der Waals surface area contributed by atoms with Gasteiger partial charge in [0.1, 0.15) is 29.8 Å². The Morgan fingerprint density at radius 1 is 1.12 bits per heavy atom. The standard InChI is InChI=1S/C33H48O9/c1-18(2)29-20(4)11-12-32(42-29)15-25-14-24(41-32)10-9-22(16-34)27(35)19(3)7-6-8-23-17-39-30-28(36)21(5)13-26(31(37)40-25)33(23,30)38/h6-9,13,18-20,24-30,34-36,38H,10-12,14-17H2,1-5H3/b7-6+,22-9+,23-8+/t19-,20+,24+,25-,26-,27+,28+,29-,30-,32+,33+/m0/s1. The molecule has 3 saturated heterocycles. The fraction of sp³-hybridized carbons (Fsp3) is 0.727. The number of aliphatic hydroxyl groups is 4. The number of hydrogen-bond acceptors (Lipinski definition) is 9.